The van der Waals surface area contributed by atoms with E-state index < -0.39 is 11.4 Å². The maximum Gasteiger partial charge on any atom is 0.304 e. The van der Waals surface area contributed by atoms with Crippen molar-refractivity contribution in [2.24, 2.45) is 0 Å². The van der Waals surface area contributed by atoms with E-state index in [-0.39, 0.29) is 12.2 Å². The van der Waals surface area contributed by atoms with Gasteiger partial charge in [-0.15, -0.1) is 0 Å². The first-order valence-electron chi connectivity index (χ1n) is 6.67. The van der Waals surface area contributed by atoms with Crippen molar-refractivity contribution in [2.75, 3.05) is 14.2 Å². The normalized spacial score (nSPS) is 21.1. The molecule has 5 heteroatoms. The fourth-order valence-corrected chi connectivity index (χ4v) is 2.67. The number of methoxy groups -OCH3 is 2. The molecule has 0 saturated carbocycles. The molecule has 5 nitrogen and oxygen atoms in total. The molecule has 1 aromatic rings. The van der Waals surface area contributed by atoms with Crippen molar-refractivity contribution in [3.8, 4) is 11.5 Å². The average Bonchev–Trinajstić information content (AvgIpc) is 2.48. The fourth-order valence-electron chi connectivity index (χ4n) is 2.67. The van der Waals surface area contributed by atoms with Gasteiger partial charge in [0.1, 0.15) is 0 Å². The second-order valence-corrected chi connectivity index (χ2v) is 5.10. The first-order valence-corrected chi connectivity index (χ1v) is 6.67. The summed E-state index contributed by atoms with van der Waals surface area (Å²) in [6.07, 6.45) is 3.94. The second kappa shape index (κ2) is 5.99. The highest BCUT2D eigenvalue weighted by Crippen LogP contribution is 2.41. The number of carboxylic acids is 1. The quantitative estimate of drug-likeness (QED) is 0.901. The molecule has 0 aliphatic heterocycles. The lowest BCUT2D eigenvalue weighted by molar-refractivity contribution is -0.138. The third-order valence-corrected chi connectivity index (χ3v) is 3.83. The van der Waals surface area contributed by atoms with Gasteiger partial charge in [0, 0.05) is 11.8 Å². The Morgan fingerprint density at radius 1 is 1.29 bits per heavy atom. The van der Waals surface area contributed by atoms with E-state index in [0.29, 0.717) is 24.3 Å². The first kappa shape index (κ1) is 15.1. The molecule has 2 rings (SSSR count). The molecule has 0 spiro atoms. The van der Waals surface area contributed by atoms with Crippen LogP contribution in [0, 0.1) is 0 Å². The van der Waals surface area contributed by atoms with Crippen molar-refractivity contribution >= 4 is 11.8 Å². The predicted octanol–water partition coefficient (Wildman–Crippen LogP) is 2.34. The van der Waals surface area contributed by atoms with Gasteiger partial charge in [0.25, 0.3) is 0 Å². The summed E-state index contributed by atoms with van der Waals surface area (Å²) in [6, 6.07) is 5.36. The molecule has 0 fully saturated rings. The van der Waals surface area contributed by atoms with Crippen LogP contribution < -0.4 is 9.47 Å². The summed E-state index contributed by atoms with van der Waals surface area (Å²) in [5.74, 6) is 0.257. The summed E-state index contributed by atoms with van der Waals surface area (Å²) in [7, 11) is 3.08. The molecule has 0 radical (unpaired) electrons. The third-order valence-electron chi connectivity index (χ3n) is 3.83. The smallest absolute Gasteiger partial charge is 0.304 e. The molecule has 0 heterocycles. The maximum atomic E-state index is 11.4. The zero-order valence-electron chi connectivity index (χ0n) is 12.1. The van der Waals surface area contributed by atoms with Crippen molar-refractivity contribution < 1.29 is 24.2 Å². The third kappa shape index (κ3) is 3.07. The number of carboxylic acid groups (broad SMARTS) is 1. The monoisotopic (exact) mass is 290 g/mol. The van der Waals surface area contributed by atoms with Crippen LogP contribution in [0.1, 0.15) is 24.8 Å². The largest absolute Gasteiger partial charge is 0.493 e. The Kier molecular flexibility index (Phi) is 4.31. The summed E-state index contributed by atoms with van der Waals surface area (Å²) in [4.78, 5) is 22.6. The van der Waals surface area contributed by atoms with E-state index >= 15 is 0 Å². The molecule has 0 saturated heterocycles. The lowest BCUT2D eigenvalue weighted by atomic mass is 9.71. The number of ketones is 1. The molecule has 0 bridgehead atoms. The summed E-state index contributed by atoms with van der Waals surface area (Å²) < 4.78 is 10.5. The van der Waals surface area contributed by atoms with Gasteiger partial charge in [0.15, 0.2) is 17.3 Å². The van der Waals surface area contributed by atoms with Gasteiger partial charge in [-0.2, -0.15) is 0 Å². The van der Waals surface area contributed by atoms with E-state index in [1.807, 2.05) is 6.07 Å². The molecule has 0 unspecified atom stereocenters. The van der Waals surface area contributed by atoms with Crippen LogP contribution in [-0.2, 0) is 15.0 Å². The summed E-state index contributed by atoms with van der Waals surface area (Å²) in [6.45, 7) is 0. The highest BCUT2D eigenvalue weighted by atomic mass is 16.5. The van der Waals surface area contributed by atoms with E-state index in [1.165, 1.54) is 13.2 Å². The van der Waals surface area contributed by atoms with Crippen LogP contribution in [0.4, 0.5) is 0 Å². The topological polar surface area (TPSA) is 72.8 Å². The molecular weight excluding hydrogens is 272 g/mol. The van der Waals surface area contributed by atoms with Crippen LogP contribution in [0.3, 0.4) is 0 Å². The number of carbonyl (C=O) groups is 2. The highest BCUT2D eigenvalue weighted by molar-refractivity contribution is 5.91. The number of aliphatic carboxylic acids is 1. The molecule has 1 atom stereocenters. The van der Waals surface area contributed by atoms with E-state index in [4.69, 9.17) is 9.47 Å². The van der Waals surface area contributed by atoms with E-state index in [1.54, 1.807) is 25.3 Å². The van der Waals surface area contributed by atoms with Crippen molar-refractivity contribution in [3.63, 3.8) is 0 Å². The molecule has 0 amide bonds. The van der Waals surface area contributed by atoms with Crippen LogP contribution in [-0.4, -0.2) is 31.1 Å². The van der Waals surface area contributed by atoms with Crippen LogP contribution >= 0.6 is 0 Å². The van der Waals surface area contributed by atoms with Crippen LogP contribution in [0.2, 0.25) is 0 Å². The Morgan fingerprint density at radius 2 is 2.00 bits per heavy atom. The number of carbonyl (C=O) groups excluding carboxylic acids is 1. The van der Waals surface area contributed by atoms with Gasteiger partial charge < -0.3 is 14.6 Å². The van der Waals surface area contributed by atoms with Crippen molar-refractivity contribution in [3.05, 3.63) is 35.9 Å². The number of ether oxygens (including phenoxy) is 2. The Balaban J connectivity index is 2.49. The van der Waals surface area contributed by atoms with Gasteiger partial charge >= 0.3 is 5.97 Å². The molecule has 21 heavy (non-hydrogen) atoms. The van der Waals surface area contributed by atoms with Crippen molar-refractivity contribution in [2.45, 2.75) is 24.7 Å². The zero-order valence-corrected chi connectivity index (χ0v) is 12.1. The molecule has 1 aliphatic carbocycles. The lowest BCUT2D eigenvalue weighted by Gasteiger charge is -2.32. The minimum atomic E-state index is -0.899. The minimum Gasteiger partial charge on any atom is -0.493 e. The molecule has 0 aromatic heterocycles. The zero-order chi connectivity index (χ0) is 15.5. The minimum absolute atomic E-state index is 0.0245. The number of benzene rings is 1. The molecule has 1 aromatic carbocycles. The molecule has 1 aliphatic rings. The molecular formula is C16H18O5. The SMILES string of the molecule is COc1ccc([C@@]2(CC(=O)O)C=CC(=O)CC2)cc1OC. The molecule has 112 valence electrons. The van der Waals surface area contributed by atoms with Crippen LogP contribution in [0.5, 0.6) is 11.5 Å². The predicted molar refractivity (Wildman–Crippen MR) is 76.9 cm³/mol. The summed E-state index contributed by atoms with van der Waals surface area (Å²) in [5.41, 5.74) is 0.130. The van der Waals surface area contributed by atoms with Gasteiger partial charge in [0.2, 0.25) is 0 Å². The number of allylic oxidation sites excluding steroid dienone is 2. The van der Waals surface area contributed by atoms with Gasteiger partial charge in [0.05, 0.1) is 20.6 Å². The van der Waals surface area contributed by atoms with Crippen LogP contribution in [0.15, 0.2) is 30.4 Å². The Labute approximate surface area is 123 Å². The Hall–Kier alpha value is -2.30. The standard InChI is InChI=1S/C16H18O5/c1-20-13-4-3-11(9-14(13)21-2)16(10-15(18)19)7-5-12(17)6-8-16/h3-5,7,9H,6,8,10H2,1-2H3,(H,18,19)/t16-/m0/s1. The van der Waals surface area contributed by atoms with Gasteiger partial charge in [-0.05, 0) is 30.2 Å². The number of rotatable bonds is 5. The summed E-state index contributed by atoms with van der Waals surface area (Å²) >= 11 is 0. The maximum absolute atomic E-state index is 11.4. The second-order valence-electron chi connectivity index (χ2n) is 5.10. The number of hydrogen-bond donors (Lipinski definition) is 1. The van der Waals surface area contributed by atoms with Gasteiger partial charge in [-0.1, -0.05) is 12.1 Å². The van der Waals surface area contributed by atoms with E-state index in [0.717, 1.165) is 5.56 Å². The van der Waals surface area contributed by atoms with E-state index in [9.17, 15) is 14.7 Å². The Morgan fingerprint density at radius 3 is 2.52 bits per heavy atom. The fraction of sp³-hybridized carbons (Fsp3) is 0.375. The van der Waals surface area contributed by atoms with Gasteiger partial charge in [-0.3, -0.25) is 9.59 Å². The van der Waals surface area contributed by atoms with Crippen LogP contribution in [0.25, 0.3) is 0 Å². The Bertz CT molecular complexity index is 590. The van der Waals surface area contributed by atoms with Gasteiger partial charge in [-0.25, -0.2) is 0 Å². The summed E-state index contributed by atoms with van der Waals surface area (Å²) in [5, 5.41) is 9.21. The lowest BCUT2D eigenvalue weighted by Crippen LogP contribution is -2.30. The molecule has 1 N–H and O–H groups in total. The van der Waals surface area contributed by atoms with Crippen molar-refractivity contribution in [1.82, 2.24) is 0 Å². The average molecular weight is 290 g/mol. The van der Waals surface area contributed by atoms with E-state index in [2.05, 4.69) is 0 Å². The highest BCUT2D eigenvalue weighted by Gasteiger charge is 2.35. The number of hydrogen-bond acceptors (Lipinski definition) is 4. The van der Waals surface area contributed by atoms with Crippen molar-refractivity contribution in [1.29, 1.82) is 0 Å². The first-order chi connectivity index (χ1) is 10.0.